The molecule has 2 aliphatic rings. The molecular formula is C19H18N6O6S2. The lowest BCUT2D eigenvalue weighted by Gasteiger charge is -2.49. The highest BCUT2D eigenvalue weighted by molar-refractivity contribution is 8.01. The summed E-state index contributed by atoms with van der Waals surface area (Å²) < 4.78 is 6.40. The number of aliphatic carboxylic acids is 1. The Morgan fingerprint density at radius 3 is 2.79 bits per heavy atom. The number of aromatic nitrogens is 4. The molecule has 0 bridgehead atoms. The SMILES string of the molecule is Cn1nnnc1SCC1=C(C(=O)O)N2C(=O)C(NC(=O)C(OC=O)c3ccccc3)[C@H]2SC1. The summed E-state index contributed by atoms with van der Waals surface area (Å²) in [7, 11) is 1.67. The monoisotopic (exact) mass is 490 g/mol. The molecule has 0 spiro atoms. The van der Waals surface area contributed by atoms with Crippen LogP contribution < -0.4 is 5.32 Å². The zero-order valence-corrected chi connectivity index (χ0v) is 18.8. The van der Waals surface area contributed by atoms with Gasteiger partial charge in [0.2, 0.25) is 11.3 Å². The van der Waals surface area contributed by atoms with Crippen LogP contribution in [0.5, 0.6) is 0 Å². The minimum Gasteiger partial charge on any atom is -0.477 e. The third kappa shape index (κ3) is 4.43. The molecule has 2 N–H and O–H groups in total. The fourth-order valence-electron chi connectivity index (χ4n) is 3.49. The van der Waals surface area contributed by atoms with Crippen molar-refractivity contribution in [3.05, 3.63) is 47.2 Å². The van der Waals surface area contributed by atoms with Gasteiger partial charge < -0.3 is 15.2 Å². The molecule has 0 aliphatic carbocycles. The van der Waals surface area contributed by atoms with Crippen molar-refractivity contribution in [2.24, 2.45) is 7.05 Å². The third-order valence-corrected chi connectivity index (χ3v) is 7.47. The number of amides is 2. The van der Waals surface area contributed by atoms with E-state index in [1.165, 1.54) is 33.1 Å². The number of β-lactam (4-membered cyclic amide) rings is 1. The first-order valence-corrected chi connectivity index (χ1v) is 11.7. The van der Waals surface area contributed by atoms with Crippen LogP contribution in [0.2, 0.25) is 0 Å². The number of thioether (sulfide) groups is 2. The summed E-state index contributed by atoms with van der Waals surface area (Å²) >= 11 is 2.61. The maximum absolute atomic E-state index is 12.8. The molecule has 4 rings (SSSR count). The number of carboxylic acids is 1. The number of carboxylic acid groups (broad SMARTS) is 1. The molecule has 2 aromatic rings. The van der Waals surface area contributed by atoms with Crippen LogP contribution in [0.25, 0.3) is 0 Å². The summed E-state index contributed by atoms with van der Waals surface area (Å²) in [5.41, 5.74) is 0.910. The van der Waals surface area contributed by atoms with Gasteiger partial charge in [-0.2, -0.15) is 0 Å². The number of hydrogen-bond acceptors (Lipinski definition) is 10. The predicted octanol–water partition coefficient (Wildman–Crippen LogP) is -0.0449. The Morgan fingerprint density at radius 1 is 1.39 bits per heavy atom. The zero-order chi connectivity index (χ0) is 23.5. The van der Waals surface area contributed by atoms with Crippen molar-refractivity contribution in [2.45, 2.75) is 22.7 Å². The fraction of sp³-hybridized carbons (Fsp3) is 0.316. The molecule has 1 fully saturated rings. The molecule has 1 saturated heterocycles. The number of fused-ring (bicyclic) bond motifs is 1. The maximum atomic E-state index is 12.8. The van der Waals surface area contributed by atoms with Gasteiger partial charge in [0.05, 0.1) is 0 Å². The van der Waals surface area contributed by atoms with Crippen LogP contribution in [0.4, 0.5) is 0 Å². The first-order valence-electron chi connectivity index (χ1n) is 9.62. The van der Waals surface area contributed by atoms with Crippen LogP contribution in [0.15, 0.2) is 46.8 Å². The molecule has 2 amide bonds. The number of hydrogen-bond donors (Lipinski definition) is 2. The van der Waals surface area contributed by atoms with E-state index >= 15 is 0 Å². The van der Waals surface area contributed by atoms with Gasteiger partial charge in [-0.3, -0.25) is 19.3 Å². The molecule has 1 aromatic heterocycles. The molecule has 14 heteroatoms. The molecule has 12 nitrogen and oxygen atoms in total. The Hall–Kier alpha value is -3.39. The molecule has 0 saturated carbocycles. The lowest BCUT2D eigenvalue weighted by atomic mass is 10.0. The lowest BCUT2D eigenvalue weighted by Crippen LogP contribution is -2.71. The topological polar surface area (TPSA) is 157 Å². The summed E-state index contributed by atoms with van der Waals surface area (Å²) in [6, 6.07) is 7.45. The van der Waals surface area contributed by atoms with Crippen molar-refractivity contribution >= 4 is 47.8 Å². The summed E-state index contributed by atoms with van der Waals surface area (Å²) in [5.74, 6) is -1.79. The molecule has 2 unspecified atom stereocenters. The van der Waals surface area contributed by atoms with Crippen LogP contribution in [0.3, 0.4) is 0 Å². The van der Waals surface area contributed by atoms with Crippen molar-refractivity contribution in [1.29, 1.82) is 0 Å². The van der Waals surface area contributed by atoms with Gasteiger partial charge in [-0.15, -0.1) is 16.9 Å². The zero-order valence-electron chi connectivity index (χ0n) is 17.2. The van der Waals surface area contributed by atoms with Gasteiger partial charge in [-0.25, -0.2) is 9.48 Å². The van der Waals surface area contributed by atoms with Gasteiger partial charge >= 0.3 is 5.97 Å². The number of nitrogens with one attached hydrogen (secondary N) is 1. The van der Waals surface area contributed by atoms with Crippen molar-refractivity contribution in [1.82, 2.24) is 30.4 Å². The first kappa shape index (κ1) is 22.8. The fourth-order valence-corrected chi connectivity index (χ4v) is 5.83. The number of ether oxygens (including phenoxy) is 1. The lowest BCUT2D eigenvalue weighted by molar-refractivity contribution is -0.154. The minimum atomic E-state index is -1.23. The number of rotatable bonds is 9. The number of nitrogens with zero attached hydrogens (tertiary/aromatic N) is 5. The largest absolute Gasteiger partial charge is 0.477 e. The van der Waals surface area contributed by atoms with Gasteiger partial charge in [0, 0.05) is 24.1 Å². The van der Waals surface area contributed by atoms with Gasteiger partial charge in [-0.05, 0) is 16.0 Å². The Balaban J connectivity index is 1.48. The van der Waals surface area contributed by atoms with Crippen LogP contribution >= 0.6 is 23.5 Å². The van der Waals surface area contributed by atoms with Crippen LogP contribution in [0.1, 0.15) is 11.7 Å². The Morgan fingerprint density at radius 2 is 2.15 bits per heavy atom. The molecule has 172 valence electrons. The Labute approximate surface area is 195 Å². The van der Waals surface area contributed by atoms with Crippen LogP contribution in [-0.4, -0.2) is 77.4 Å². The highest BCUT2D eigenvalue weighted by Crippen LogP contribution is 2.41. The van der Waals surface area contributed by atoms with E-state index in [1.54, 1.807) is 37.4 Å². The molecule has 1 aromatic carbocycles. The molecule has 0 radical (unpaired) electrons. The third-order valence-electron chi connectivity index (χ3n) is 5.04. The number of carbonyl (C=O) groups excluding carboxylic acids is 3. The molecular weight excluding hydrogens is 472 g/mol. The van der Waals surface area contributed by atoms with Gasteiger partial charge in [0.1, 0.15) is 17.1 Å². The van der Waals surface area contributed by atoms with Crippen molar-refractivity contribution in [2.75, 3.05) is 11.5 Å². The Bertz CT molecular complexity index is 1120. The van der Waals surface area contributed by atoms with E-state index in [0.717, 1.165) is 0 Å². The molecule has 2 aliphatic heterocycles. The summed E-state index contributed by atoms with van der Waals surface area (Å²) in [6.07, 6.45) is -1.22. The normalized spacial score (nSPS) is 20.5. The second-order valence-corrected chi connectivity index (χ2v) is 9.10. The number of aryl methyl sites for hydroxylation is 1. The van der Waals surface area contributed by atoms with E-state index < -0.39 is 35.3 Å². The smallest absolute Gasteiger partial charge is 0.352 e. The summed E-state index contributed by atoms with van der Waals surface area (Å²) in [5, 5.41) is 23.4. The van der Waals surface area contributed by atoms with E-state index in [9.17, 15) is 24.3 Å². The minimum absolute atomic E-state index is 0.0966. The quantitative estimate of drug-likeness (QED) is 0.276. The average molecular weight is 491 g/mol. The van der Waals surface area contributed by atoms with E-state index in [2.05, 4.69) is 20.8 Å². The van der Waals surface area contributed by atoms with Gasteiger partial charge in [0.25, 0.3) is 18.3 Å². The van der Waals surface area contributed by atoms with Gasteiger partial charge in [-0.1, -0.05) is 42.1 Å². The number of tetrazole rings is 1. The molecule has 3 atom stereocenters. The highest BCUT2D eigenvalue weighted by Gasteiger charge is 2.54. The number of benzene rings is 1. The molecule has 3 heterocycles. The van der Waals surface area contributed by atoms with Crippen LogP contribution in [-0.2, 0) is 31.0 Å². The summed E-state index contributed by atoms with van der Waals surface area (Å²) in [6.45, 7) is 0.170. The Kier molecular flexibility index (Phi) is 6.65. The standard InChI is InChI=1S/C19H18N6O6S2/c1-24-19(21-22-23-24)33-8-11-7-32-17-12(16(28)25(17)13(11)18(29)30)20-15(27)14(31-9-26)10-5-3-2-4-6-10/h2-6,9,12,14,17H,7-8H2,1H3,(H,20,27)(H,29,30)/t12?,14?,17-/m1/s1. The summed E-state index contributed by atoms with van der Waals surface area (Å²) in [4.78, 5) is 49.7. The van der Waals surface area contributed by atoms with E-state index in [-0.39, 0.29) is 12.2 Å². The second-order valence-electron chi connectivity index (χ2n) is 7.05. The average Bonchev–Trinajstić information content (AvgIpc) is 3.23. The van der Waals surface area contributed by atoms with Crippen molar-refractivity contribution < 1.29 is 29.0 Å². The van der Waals surface area contributed by atoms with Gasteiger partial charge in [0.15, 0.2) is 0 Å². The highest BCUT2D eigenvalue weighted by atomic mass is 32.2. The van der Waals surface area contributed by atoms with E-state index in [1.807, 2.05) is 0 Å². The van der Waals surface area contributed by atoms with E-state index in [4.69, 9.17) is 4.74 Å². The van der Waals surface area contributed by atoms with Crippen molar-refractivity contribution in [3.8, 4) is 0 Å². The maximum Gasteiger partial charge on any atom is 0.352 e. The van der Waals surface area contributed by atoms with E-state index in [0.29, 0.717) is 27.8 Å². The molecule has 33 heavy (non-hydrogen) atoms. The second kappa shape index (κ2) is 9.62. The van der Waals surface area contributed by atoms with Crippen molar-refractivity contribution in [3.63, 3.8) is 0 Å². The predicted molar refractivity (Wildman–Crippen MR) is 116 cm³/mol. The first-order chi connectivity index (χ1) is 15.9. The number of carbonyl (C=O) groups is 4. The van der Waals surface area contributed by atoms with Crippen LogP contribution in [0, 0.1) is 0 Å².